The first-order valence-corrected chi connectivity index (χ1v) is 4.75. The SMILES string of the molecule is Cn1ncc(C(N)=O)c1NC(=O)CCC(=O)O. The maximum Gasteiger partial charge on any atom is 0.303 e. The van der Waals surface area contributed by atoms with E-state index in [-0.39, 0.29) is 24.2 Å². The summed E-state index contributed by atoms with van der Waals surface area (Å²) in [4.78, 5) is 32.7. The molecule has 2 amide bonds. The number of nitrogens with two attached hydrogens (primary N) is 1. The number of hydrogen-bond acceptors (Lipinski definition) is 4. The number of amides is 2. The van der Waals surface area contributed by atoms with Crippen LogP contribution in [0.15, 0.2) is 6.20 Å². The molecule has 0 aromatic carbocycles. The summed E-state index contributed by atoms with van der Waals surface area (Å²) in [6.45, 7) is 0. The van der Waals surface area contributed by atoms with E-state index in [1.807, 2.05) is 0 Å². The molecule has 0 aliphatic carbocycles. The van der Waals surface area contributed by atoms with Crippen molar-refractivity contribution in [3.63, 3.8) is 0 Å². The Morgan fingerprint density at radius 2 is 2.12 bits per heavy atom. The Labute approximate surface area is 96.4 Å². The topological polar surface area (TPSA) is 127 Å². The van der Waals surface area contributed by atoms with Crippen molar-refractivity contribution in [1.82, 2.24) is 9.78 Å². The lowest BCUT2D eigenvalue weighted by Crippen LogP contribution is -2.19. The van der Waals surface area contributed by atoms with Gasteiger partial charge in [-0.2, -0.15) is 5.10 Å². The fraction of sp³-hybridized carbons (Fsp3) is 0.333. The zero-order valence-electron chi connectivity index (χ0n) is 9.14. The molecule has 0 saturated carbocycles. The number of aryl methyl sites for hydroxylation is 1. The molecule has 92 valence electrons. The second kappa shape index (κ2) is 5.10. The summed E-state index contributed by atoms with van der Waals surface area (Å²) in [6.07, 6.45) is 0.767. The van der Waals surface area contributed by atoms with Crippen molar-refractivity contribution in [2.75, 3.05) is 5.32 Å². The molecule has 0 bridgehead atoms. The van der Waals surface area contributed by atoms with E-state index in [1.54, 1.807) is 0 Å². The maximum absolute atomic E-state index is 11.4. The van der Waals surface area contributed by atoms with E-state index in [4.69, 9.17) is 10.8 Å². The van der Waals surface area contributed by atoms with Crippen LogP contribution in [0.1, 0.15) is 23.2 Å². The van der Waals surface area contributed by atoms with Crippen LogP contribution in [0.4, 0.5) is 5.82 Å². The summed E-state index contributed by atoms with van der Waals surface area (Å²) in [5, 5.41) is 14.6. The fourth-order valence-electron chi connectivity index (χ4n) is 1.18. The smallest absolute Gasteiger partial charge is 0.303 e. The maximum atomic E-state index is 11.4. The van der Waals surface area contributed by atoms with E-state index in [9.17, 15) is 14.4 Å². The van der Waals surface area contributed by atoms with Crippen LogP contribution in [0.25, 0.3) is 0 Å². The Morgan fingerprint density at radius 1 is 1.47 bits per heavy atom. The highest BCUT2D eigenvalue weighted by atomic mass is 16.4. The van der Waals surface area contributed by atoms with Crippen molar-refractivity contribution in [3.8, 4) is 0 Å². The molecule has 1 aromatic heterocycles. The zero-order valence-corrected chi connectivity index (χ0v) is 9.14. The number of nitrogens with zero attached hydrogens (tertiary/aromatic N) is 2. The summed E-state index contributed by atoms with van der Waals surface area (Å²) in [7, 11) is 1.53. The van der Waals surface area contributed by atoms with Crippen molar-refractivity contribution >= 4 is 23.6 Å². The molecule has 0 unspecified atom stereocenters. The minimum absolute atomic E-state index is 0.0798. The minimum Gasteiger partial charge on any atom is -0.481 e. The second-order valence-electron chi connectivity index (χ2n) is 3.34. The molecule has 0 spiro atoms. The van der Waals surface area contributed by atoms with Crippen molar-refractivity contribution in [2.24, 2.45) is 12.8 Å². The summed E-state index contributed by atoms with van der Waals surface area (Å²) < 4.78 is 1.28. The van der Waals surface area contributed by atoms with E-state index >= 15 is 0 Å². The Morgan fingerprint density at radius 3 is 2.65 bits per heavy atom. The van der Waals surface area contributed by atoms with Gasteiger partial charge in [0.1, 0.15) is 11.4 Å². The molecule has 8 heteroatoms. The van der Waals surface area contributed by atoms with Crippen LogP contribution in [-0.2, 0) is 16.6 Å². The first-order valence-electron chi connectivity index (χ1n) is 4.75. The number of anilines is 1. The highest BCUT2D eigenvalue weighted by Crippen LogP contribution is 2.13. The monoisotopic (exact) mass is 240 g/mol. The molecule has 1 rings (SSSR count). The number of primary amides is 1. The molecule has 8 nitrogen and oxygen atoms in total. The first-order chi connectivity index (χ1) is 7.91. The van der Waals surface area contributed by atoms with Crippen molar-refractivity contribution in [3.05, 3.63) is 11.8 Å². The third kappa shape index (κ3) is 3.30. The number of aromatic nitrogens is 2. The summed E-state index contributed by atoms with van der Waals surface area (Å²) in [5.41, 5.74) is 5.17. The molecular formula is C9H12N4O4. The molecule has 17 heavy (non-hydrogen) atoms. The van der Waals surface area contributed by atoms with Gasteiger partial charge in [0.15, 0.2) is 0 Å². The summed E-state index contributed by atoms with van der Waals surface area (Å²) in [5.74, 6) is -2.14. The lowest BCUT2D eigenvalue weighted by atomic mass is 10.2. The quantitative estimate of drug-likeness (QED) is 0.628. The normalized spacial score (nSPS) is 9.94. The molecule has 0 saturated heterocycles. The van der Waals surface area contributed by atoms with Gasteiger partial charge in [0.05, 0.1) is 12.6 Å². The number of rotatable bonds is 5. The lowest BCUT2D eigenvalue weighted by molar-refractivity contribution is -0.138. The molecule has 0 fully saturated rings. The van der Waals surface area contributed by atoms with Gasteiger partial charge in [0.25, 0.3) is 5.91 Å². The summed E-state index contributed by atoms with van der Waals surface area (Å²) >= 11 is 0. The van der Waals surface area contributed by atoms with E-state index in [1.165, 1.54) is 17.9 Å². The number of carbonyl (C=O) groups is 3. The highest BCUT2D eigenvalue weighted by molar-refractivity contribution is 6.02. The van der Waals surface area contributed by atoms with Gasteiger partial charge >= 0.3 is 5.97 Å². The number of aliphatic carboxylic acids is 1. The Hall–Kier alpha value is -2.38. The van der Waals surface area contributed by atoms with Gasteiger partial charge < -0.3 is 16.2 Å². The van der Waals surface area contributed by atoms with Gasteiger partial charge in [-0.25, -0.2) is 0 Å². The number of carboxylic acid groups (broad SMARTS) is 1. The molecule has 0 aliphatic heterocycles. The second-order valence-corrected chi connectivity index (χ2v) is 3.34. The average molecular weight is 240 g/mol. The Kier molecular flexibility index (Phi) is 3.81. The Bertz CT molecular complexity index is 466. The molecule has 1 heterocycles. The van der Waals surface area contributed by atoms with Gasteiger partial charge in [0.2, 0.25) is 5.91 Å². The van der Waals surface area contributed by atoms with E-state index < -0.39 is 17.8 Å². The first kappa shape index (κ1) is 12.7. The standard InChI is InChI=1S/C9H12N4O4/c1-13-9(5(4-11-13)8(10)17)12-6(14)2-3-7(15)16/h4H,2-3H2,1H3,(H2,10,17)(H,12,14)(H,15,16). The van der Waals surface area contributed by atoms with Gasteiger partial charge in [-0.3, -0.25) is 19.1 Å². The lowest BCUT2D eigenvalue weighted by Gasteiger charge is -2.06. The van der Waals surface area contributed by atoms with Crippen molar-refractivity contribution in [1.29, 1.82) is 0 Å². The van der Waals surface area contributed by atoms with E-state index in [2.05, 4.69) is 10.4 Å². The molecular weight excluding hydrogens is 228 g/mol. The Balaban J connectivity index is 2.74. The number of carbonyl (C=O) groups excluding carboxylic acids is 2. The zero-order chi connectivity index (χ0) is 13.0. The molecule has 4 N–H and O–H groups in total. The van der Waals surface area contributed by atoms with Gasteiger partial charge in [0, 0.05) is 13.5 Å². The molecule has 0 atom stereocenters. The minimum atomic E-state index is -1.07. The van der Waals surface area contributed by atoms with Gasteiger partial charge in [-0.15, -0.1) is 0 Å². The predicted octanol–water partition coefficient (Wildman–Crippen LogP) is -0.678. The summed E-state index contributed by atoms with van der Waals surface area (Å²) in [6, 6.07) is 0. The van der Waals surface area contributed by atoms with Gasteiger partial charge in [-0.05, 0) is 0 Å². The average Bonchev–Trinajstić information content (AvgIpc) is 2.58. The molecule has 0 aliphatic rings. The largest absolute Gasteiger partial charge is 0.481 e. The molecule has 0 radical (unpaired) electrons. The van der Waals surface area contributed by atoms with Crippen LogP contribution in [-0.4, -0.2) is 32.7 Å². The number of carboxylic acids is 1. The van der Waals surface area contributed by atoms with Crippen LogP contribution in [0.3, 0.4) is 0 Å². The van der Waals surface area contributed by atoms with Crippen LogP contribution in [0.2, 0.25) is 0 Å². The van der Waals surface area contributed by atoms with E-state index in [0.717, 1.165) is 0 Å². The van der Waals surface area contributed by atoms with Crippen LogP contribution < -0.4 is 11.1 Å². The third-order valence-corrected chi connectivity index (χ3v) is 2.03. The number of hydrogen-bond donors (Lipinski definition) is 3. The van der Waals surface area contributed by atoms with Crippen LogP contribution in [0, 0.1) is 0 Å². The molecule has 1 aromatic rings. The van der Waals surface area contributed by atoms with Crippen molar-refractivity contribution in [2.45, 2.75) is 12.8 Å². The highest BCUT2D eigenvalue weighted by Gasteiger charge is 2.16. The van der Waals surface area contributed by atoms with Gasteiger partial charge in [-0.1, -0.05) is 0 Å². The van der Waals surface area contributed by atoms with Crippen LogP contribution >= 0.6 is 0 Å². The van der Waals surface area contributed by atoms with Crippen LogP contribution in [0.5, 0.6) is 0 Å². The van der Waals surface area contributed by atoms with Crippen molar-refractivity contribution < 1.29 is 19.5 Å². The fourth-order valence-corrected chi connectivity index (χ4v) is 1.18. The number of nitrogens with one attached hydrogen (secondary N) is 1. The van der Waals surface area contributed by atoms with E-state index in [0.29, 0.717) is 0 Å². The third-order valence-electron chi connectivity index (χ3n) is 2.03. The predicted molar refractivity (Wildman–Crippen MR) is 57.2 cm³/mol.